The lowest BCUT2D eigenvalue weighted by Crippen LogP contribution is -2.26. The molecule has 2 aliphatic heterocycles. The molecule has 2 aromatic rings. The summed E-state index contributed by atoms with van der Waals surface area (Å²) in [5, 5.41) is 17.6. The lowest BCUT2D eigenvalue weighted by molar-refractivity contribution is 0.469. The van der Waals surface area contributed by atoms with E-state index in [1.165, 1.54) is 0 Å². The largest absolute Gasteiger partial charge is 0.508 e. The molecule has 2 aliphatic rings. The molecule has 0 amide bonds. The molecule has 122 valence electrons. The van der Waals surface area contributed by atoms with E-state index in [2.05, 4.69) is 5.32 Å². The first kappa shape index (κ1) is 14.7. The molecule has 0 radical (unpaired) electrons. The van der Waals surface area contributed by atoms with Crippen LogP contribution in [-0.2, 0) is 22.8 Å². The number of phenolic OH excluding ortho intramolecular Hbond substituents is 1. The topological polar surface area (TPSA) is 84.2 Å². The van der Waals surface area contributed by atoms with Crippen molar-refractivity contribution in [3.63, 3.8) is 0 Å². The highest BCUT2D eigenvalue weighted by Crippen LogP contribution is 2.33. The molecular formula is C16H19N3O3S. The summed E-state index contributed by atoms with van der Waals surface area (Å²) in [4.78, 5) is 0. The van der Waals surface area contributed by atoms with E-state index < -0.39 is 9.84 Å². The molecule has 7 heteroatoms. The van der Waals surface area contributed by atoms with E-state index >= 15 is 0 Å². The predicted octanol–water partition coefficient (Wildman–Crippen LogP) is 1.26. The number of benzene rings is 1. The van der Waals surface area contributed by atoms with Crippen LogP contribution in [-0.4, -0.2) is 41.4 Å². The molecule has 4 rings (SSSR count). The van der Waals surface area contributed by atoms with Crippen molar-refractivity contribution in [2.75, 3.05) is 18.1 Å². The van der Waals surface area contributed by atoms with Gasteiger partial charge in [0, 0.05) is 36.3 Å². The minimum absolute atomic E-state index is 0.0577. The number of aromatic hydroxyl groups is 1. The van der Waals surface area contributed by atoms with E-state index in [9.17, 15) is 13.5 Å². The summed E-state index contributed by atoms with van der Waals surface area (Å²) >= 11 is 0. The van der Waals surface area contributed by atoms with Crippen molar-refractivity contribution in [1.29, 1.82) is 0 Å². The van der Waals surface area contributed by atoms with Gasteiger partial charge >= 0.3 is 0 Å². The summed E-state index contributed by atoms with van der Waals surface area (Å²) in [6.45, 7) is 1.62. The Bertz CT molecular complexity index is 840. The van der Waals surface area contributed by atoms with Gasteiger partial charge in [-0.3, -0.25) is 4.68 Å². The quantitative estimate of drug-likeness (QED) is 0.864. The van der Waals surface area contributed by atoms with Crippen LogP contribution in [0.25, 0.3) is 11.3 Å². The zero-order chi connectivity index (χ0) is 16.0. The number of sulfone groups is 1. The molecule has 1 fully saturated rings. The number of aromatic nitrogens is 2. The highest BCUT2D eigenvalue weighted by Gasteiger charge is 2.33. The number of nitrogens with one attached hydrogen (secondary N) is 1. The van der Waals surface area contributed by atoms with Crippen LogP contribution in [0.15, 0.2) is 24.3 Å². The van der Waals surface area contributed by atoms with E-state index in [4.69, 9.17) is 5.10 Å². The smallest absolute Gasteiger partial charge is 0.152 e. The lowest BCUT2D eigenvalue weighted by Gasteiger charge is -2.18. The molecular weight excluding hydrogens is 314 g/mol. The number of hydrogen-bond acceptors (Lipinski definition) is 5. The molecule has 1 aromatic heterocycles. The van der Waals surface area contributed by atoms with E-state index in [0.717, 1.165) is 42.0 Å². The molecule has 0 spiro atoms. The summed E-state index contributed by atoms with van der Waals surface area (Å²) in [6.07, 6.45) is 1.50. The van der Waals surface area contributed by atoms with Crippen LogP contribution in [0.3, 0.4) is 0 Å². The fraction of sp³-hybridized carbons (Fsp3) is 0.438. The zero-order valence-corrected chi connectivity index (χ0v) is 13.5. The second kappa shape index (κ2) is 5.35. The Hall–Kier alpha value is -1.86. The molecule has 1 saturated heterocycles. The number of nitrogens with zero attached hydrogens (tertiary/aromatic N) is 2. The number of phenols is 1. The van der Waals surface area contributed by atoms with Gasteiger partial charge in [0.25, 0.3) is 0 Å². The van der Waals surface area contributed by atoms with Crippen LogP contribution < -0.4 is 5.32 Å². The van der Waals surface area contributed by atoms with Crippen molar-refractivity contribution in [1.82, 2.24) is 15.1 Å². The van der Waals surface area contributed by atoms with Crippen molar-refractivity contribution in [2.24, 2.45) is 0 Å². The van der Waals surface area contributed by atoms with Gasteiger partial charge in [0.1, 0.15) is 5.75 Å². The molecule has 3 heterocycles. The molecule has 0 saturated carbocycles. The van der Waals surface area contributed by atoms with Crippen molar-refractivity contribution in [3.8, 4) is 17.0 Å². The fourth-order valence-electron chi connectivity index (χ4n) is 3.50. The van der Waals surface area contributed by atoms with Gasteiger partial charge in [0.2, 0.25) is 0 Å². The maximum atomic E-state index is 11.8. The zero-order valence-electron chi connectivity index (χ0n) is 12.7. The Morgan fingerprint density at radius 1 is 1.26 bits per heavy atom. The first-order valence-electron chi connectivity index (χ1n) is 7.84. The first-order valence-corrected chi connectivity index (χ1v) is 9.66. The average molecular weight is 333 g/mol. The molecule has 1 unspecified atom stereocenters. The predicted molar refractivity (Wildman–Crippen MR) is 87.0 cm³/mol. The Morgan fingerprint density at radius 2 is 2.04 bits per heavy atom. The second-order valence-corrected chi connectivity index (χ2v) is 8.48. The molecule has 0 bridgehead atoms. The van der Waals surface area contributed by atoms with Crippen molar-refractivity contribution < 1.29 is 13.5 Å². The normalized spacial score (nSPS) is 22.9. The number of hydrogen-bond donors (Lipinski definition) is 2. The van der Waals surface area contributed by atoms with Crippen LogP contribution in [0.5, 0.6) is 5.75 Å². The molecule has 6 nitrogen and oxygen atoms in total. The third-order valence-corrected chi connectivity index (χ3v) is 6.40. The Morgan fingerprint density at radius 3 is 2.74 bits per heavy atom. The van der Waals surface area contributed by atoms with Gasteiger partial charge < -0.3 is 10.4 Å². The molecule has 1 aromatic carbocycles. The fourth-order valence-corrected chi connectivity index (χ4v) is 5.19. The summed E-state index contributed by atoms with van der Waals surface area (Å²) in [5.74, 6) is 0.657. The van der Waals surface area contributed by atoms with E-state index in [1.54, 1.807) is 12.1 Å². The van der Waals surface area contributed by atoms with Gasteiger partial charge in [0.05, 0.1) is 23.2 Å². The van der Waals surface area contributed by atoms with Gasteiger partial charge in [0.15, 0.2) is 9.84 Å². The van der Waals surface area contributed by atoms with Gasteiger partial charge in [-0.1, -0.05) is 0 Å². The molecule has 2 N–H and O–H groups in total. The van der Waals surface area contributed by atoms with Crippen LogP contribution in [0.4, 0.5) is 0 Å². The molecule has 1 atom stereocenters. The Kier molecular flexibility index (Phi) is 3.42. The van der Waals surface area contributed by atoms with E-state index in [-0.39, 0.29) is 23.3 Å². The van der Waals surface area contributed by atoms with Gasteiger partial charge in [-0.2, -0.15) is 5.10 Å². The standard InChI is InChI=1S/C16H19N3O3S/c20-13-3-1-11(2-4-13)16-14-9-17-7-5-15(14)19(18-16)12-6-8-23(21,22)10-12/h1-4,12,17,20H,5-10H2. The van der Waals surface area contributed by atoms with Crippen molar-refractivity contribution in [2.45, 2.75) is 25.4 Å². The third-order valence-electron chi connectivity index (χ3n) is 4.65. The van der Waals surface area contributed by atoms with Crippen LogP contribution in [0, 0.1) is 0 Å². The first-order chi connectivity index (χ1) is 11.0. The minimum Gasteiger partial charge on any atom is -0.508 e. The summed E-state index contributed by atoms with van der Waals surface area (Å²) < 4.78 is 25.6. The Balaban J connectivity index is 1.80. The van der Waals surface area contributed by atoms with Gasteiger partial charge in [-0.05, 0) is 30.7 Å². The maximum absolute atomic E-state index is 11.8. The minimum atomic E-state index is -2.94. The highest BCUT2D eigenvalue weighted by molar-refractivity contribution is 7.91. The summed E-state index contributed by atoms with van der Waals surface area (Å²) in [7, 11) is -2.94. The summed E-state index contributed by atoms with van der Waals surface area (Å²) in [5.41, 5.74) is 4.12. The van der Waals surface area contributed by atoms with Crippen LogP contribution in [0.2, 0.25) is 0 Å². The third kappa shape index (κ3) is 2.64. The molecule has 0 aliphatic carbocycles. The van der Waals surface area contributed by atoms with Crippen LogP contribution >= 0.6 is 0 Å². The number of rotatable bonds is 2. The monoisotopic (exact) mass is 333 g/mol. The van der Waals surface area contributed by atoms with E-state index in [1.807, 2.05) is 16.8 Å². The van der Waals surface area contributed by atoms with Gasteiger partial charge in [-0.15, -0.1) is 0 Å². The lowest BCUT2D eigenvalue weighted by atomic mass is 10.0. The van der Waals surface area contributed by atoms with Crippen molar-refractivity contribution in [3.05, 3.63) is 35.5 Å². The Labute approximate surface area is 135 Å². The maximum Gasteiger partial charge on any atom is 0.152 e. The van der Waals surface area contributed by atoms with Crippen LogP contribution in [0.1, 0.15) is 23.7 Å². The molecule has 23 heavy (non-hydrogen) atoms. The van der Waals surface area contributed by atoms with Gasteiger partial charge in [-0.25, -0.2) is 8.42 Å². The van der Waals surface area contributed by atoms with Crippen molar-refractivity contribution >= 4 is 9.84 Å². The average Bonchev–Trinajstić information content (AvgIpc) is 3.08. The summed E-state index contributed by atoms with van der Waals surface area (Å²) in [6, 6.07) is 6.94. The SMILES string of the molecule is O=S1(=O)CCC(n2nc(-c3ccc(O)cc3)c3c2CCNC3)C1. The van der Waals surface area contributed by atoms with E-state index in [0.29, 0.717) is 6.42 Å². The number of fused-ring (bicyclic) bond motifs is 1. The highest BCUT2D eigenvalue weighted by atomic mass is 32.2. The second-order valence-electron chi connectivity index (χ2n) is 6.25.